The number of ether oxygens (including phenoxy) is 3. The summed E-state index contributed by atoms with van der Waals surface area (Å²) in [6.45, 7) is 16.5. The van der Waals surface area contributed by atoms with Crippen LogP contribution in [0.5, 0.6) is 0 Å². The van der Waals surface area contributed by atoms with Gasteiger partial charge in [-0.3, -0.25) is 9.80 Å². The van der Waals surface area contributed by atoms with E-state index in [1.807, 2.05) is 0 Å². The lowest BCUT2D eigenvalue weighted by molar-refractivity contribution is 0.0314. The van der Waals surface area contributed by atoms with E-state index < -0.39 is 0 Å². The lowest BCUT2D eigenvalue weighted by Crippen LogP contribution is -2.34. The lowest BCUT2D eigenvalue weighted by atomic mass is 9.82. The molecule has 0 saturated carbocycles. The normalized spacial score (nSPS) is 23.0. The number of hydrogen-bond donors (Lipinski definition) is 0. The van der Waals surface area contributed by atoms with E-state index in [1.165, 1.54) is 49.0 Å². The number of fused-ring (bicyclic) bond motifs is 11. The second-order valence-electron chi connectivity index (χ2n) is 11.7. The van der Waals surface area contributed by atoms with Gasteiger partial charge in [0.15, 0.2) is 0 Å². The van der Waals surface area contributed by atoms with Crippen LogP contribution in [0.2, 0.25) is 0 Å². The van der Waals surface area contributed by atoms with E-state index >= 15 is 0 Å². The Bertz CT molecular complexity index is 1290. The fourth-order valence-corrected chi connectivity index (χ4v) is 5.98. The molecule has 3 aliphatic heterocycles. The largest absolute Gasteiger partial charge is 0.379 e. The van der Waals surface area contributed by atoms with Crippen molar-refractivity contribution in [2.75, 3.05) is 65.8 Å². The zero-order valence-corrected chi connectivity index (χ0v) is 22.6. The Labute approximate surface area is 220 Å². The molecule has 4 bridgehead atoms. The molecule has 4 aromatic rings. The predicted molar refractivity (Wildman–Crippen MR) is 152 cm³/mol. The van der Waals surface area contributed by atoms with Crippen LogP contribution in [0, 0.1) is 0 Å². The Morgan fingerprint density at radius 2 is 1.03 bits per heavy atom. The fraction of sp³-hybridized carbons (Fsp3) is 0.500. The molecule has 5 nitrogen and oxygen atoms in total. The Morgan fingerprint density at radius 3 is 1.49 bits per heavy atom. The van der Waals surface area contributed by atoms with Crippen LogP contribution in [-0.2, 0) is 32.7 Å². The minimum absolute atomic E-state index is 0.117. The first-order valence-corrected chi connectivity index (χ1v) is 13.9. The summed E-state index contributed by atoms with van der Waals surface area (Å²) in [6.07, 6.45) is 0. The minimum Gasteiger partial charge on any atom is -0.379 e. The Balaban J connectivity index is 1.56. The van der Waals surface area contributed by atoms with E-state index in [4.69, 9.17) is 14.2 Å². The predicted octanol–water partition coefficient (Wildman–Crippen LogP) is 5.56. The number of nitrogens with zero attached hydrogens (tertiary/aromatic N) is 2. The van der Waals surface area contributed by atoms with Gasteiger partial charge in [-0.05, 0) is 54.4 Å². The maximum absolute atomic E-state index is 6.08. The summed E-state index contributed by atoms with van der Waals surface area (Å²) in [5.74, 6) is 0. The summed E-state index contributed by atoms with van der Waals surface area (Å²) in [7, 11) is 0. The molecule has 1 fully saturated rings. The van der Waals surface area contributed by atoms with Gasteiger partial charge in [0.1, 0.15) is 0 Å². The third kappa shape index (κ3) is 5.21. The van der Waals surface area contributed by atoms with Gasteiger partial charge < -0.3 is 14.2 Å². The van der Waals surface area contributed by atoms with Crippen LogP contribution in [0.15, 0.2) is 42.5 Å². The highest BCUT2D eigenvalue weighted by Crippen LogP contribution is 2.40. The quantitative estimate of drug-likeness (QED) is 0.295. The van der Waals surface area contributed by atoms with Crippen molar-refractivity contribution in [3.05, 3.63) is 59.2 Å². The molecule has 2 unspecified atom stereocenters. The van der Waals surface area contributed by atoms with Crippen LogP contribution in [0.3, 0.4) is 0 Å². The molecule has 0 aliphatic carbocycles. The highest BCUT2D eigenvalue weighted by molar-refractivity contribution is 6.24. The summed E-state index contributed by atoms with van der Waals surface area (Å²) in [5, 5.41) is 8.28. The summed E-state index contributed by atoms with van der Waals surface area (Å²) >= 11 is 0. The van der Waals surface area contributed by atoms with Crippen LogP contribution in [0.25, 0.3) is 32.3 Å². The van der Waals surface area contributed by atoms with Crippen molar-refractivity contribution in [2.45, 2.75) is 39.3 Å². The van der Waals surface area contributed by atoms with Gasteiger partial charge in [-0.25, -0.2) is 0 Å². The molecule has 0 aromatic heterocycles. The summed E-state index contributed by atoms with van der Waals surface area (Å²) < 4.78 is 17.9. The molecule has 0 N–H and O–H groups in total. The van der Waals surface area contributed by atoms with Gasteiger partial charge in [0.05, 0.1) is 39.6 Å². The zero-order chi connectivity index (χ0) is 25.4. The molecular formula is C32H40N2O3. The van der Waals surface area contributed by atoms with E-state index in [9.17, 15) is 0 Å². The molecule has 5 heteroatoms. The summed E-state index contributed by atoms with van der Waals surface area (Å²) in [5.41, 5.74) is 4.32. The van der Waals surface area contributed by atoms with E-state index in [0.717, 1.165) is 52.5 Å². The first kappa shape index (κ1) is 25.0. The Morgan fingerprint density at radius 1 is 0.568 bits per heavy atom. The van der Waals surface area contributed by atoms with E-state index in [0.29, 0.717) is 26.4 Å². The first-order valence-electron chi connectivity index (χ1n) is 13.9. The molecule has 3 aliphatic rings. The first-order chi connectivity index (χ1) is 18.0. The number of hydrogen-bond acceptors (Lipinski definition) is 5. The van der Waals surface area contributed by atoms with Gasteiger partial charge in [-0.15, -0.1) is 0 Å². The molecule has 37 heavy (non-hydrogen) atoms. The maximum Gasteiger partial charge on any atom is 0.0701 e. The van der Waals surface area contributed by atoms with Gasteiger partial charge in [0, 0.05) is 39.3 Å². The van der Waals surface area contributed by atoms with Crippen LogP contribution in [0.4, 0.5) is 0 Å². The Hall–Kier alpha value is -2.28. The van der Waals surface area contributed by atoms with Gasteiger partial charge >= 0.3 is 0 Å². The molecule has 0 spiro atoms. The second-order valence-corrected chi connectivity index (χ2v) is 11.7. The molecule has 1 saturated heterocycles. The van der Waals surface area contributed by atoms with Crippen molar-refractivity contribution in [3.63, 3.8) is 0 Å². The number of rotatable bonds is 0. The highest BCUT2D eigenvalue weighted by atomic mass is 16.5. The van der Waals surface area contributed by atoms with Crippen molar-refractivity contribution in [3.8, 4) is 0 Å². The van der Waals surface area contributed by atoms with Gasteiger partial charge in [0.25, 0.3) is 0 Å². The zero-order valence-electron chi connectivity index (χ0n) is 22.6. The SMILES string of the molecule is CC(C)(C)c1cc2ccc3c4cc(c5ccc(c1)c2c35)CN1CCOCCOCCN(CCOCC1)C4. The Kier molecular flexibility index (Phi) is 7.08. The van der Waals surface area contributed by atoms with E-state index in [-0.39, 0.29) is 5.41 Å². The van der Waals surface area contributed by atoms with Crippen LogP contribution >= 0.6 is 0 Å². The summed E-state index contributed by atoms with van der Waals surface area (Å²) in [4.78, 5) is 4.99. The third-order valence-corrected chi connectivity index (χ3v) is 8.12. The molecular weight excluding hydrogens is 460 g/mol. The van der Waals surface area contributed by atoms with Crippen molar-refractivity contribution in [2.24, 2.45) is 0 Å². The van der Waals surface area contributed by atoms with Crippen molar-refractivity contribution in [1.29, 1.82) is 0 Å². The van der Waals surface area contributed by atoms with E-state index in [1.54, 1.807) is 0 Å². The molecule has 196 valence electrons. The van der Waals surface area contributed by atoms with Crippen LogP contribution in [-0.4, -0.2) is 75.6 Å². The molecule has 7 rings (SSSR count). The smallest absolute Gasteiger partial charge is 0.0701 e. The maximum atomic E-state index is 6.08. The fourth-order valence-electron chi connectivity index (χ4n) is 5.98. The number of benzene rings is 4. The van der Waals surface area contributed by atoms with Crippen LogP contribution in [0.1, 0.15) is 37.5 Å². The van der Waals surface area contributed by atoms with Crippen LogP contribution < -0.4 is 0 Å². The van der Waals surface area contributed by atoms with Gasteiger partial charge in [-0.2, -0.15) is 0 Å². The van der Waals surface area contributed by atoms with Crippen molar-refractivity contribution >= 4 is 32.3 Å². The average Bonchev–Trinajstić information content (AvgIpc) is 2.88. The minimum atomic E-state index is 0.117. The van der Waals surface area contributed by atoms with Gasteiger partial charge in [-0.1, -0.05) is 63.2 Å². The highest BCUT2D eigenvalue weighted by Gasteiger charge is 2.21. The van der Waals surface area contributed by atoms with Crippen molar-refractivity contribution in [1.82, 2.24) is 9.80 Å². The topological polar surface area (TPSA) is 34.2 Å². The molecule has 2 atom stereocenters. The summed E-state index contributed by atoms with van der Waals surface area (Å²) in [6, 6.07) is 16.7. The molecule has 3 heterocycles. The third-order valence-electron chi connectivity index (χ3n) is 8.12. The van der Waals surface area contributed by atoms with Gasteiger partial charge in [0.2, 0.25) is 0 Å². The lowest BCUT2D eigenvalue weighted by Gasteiger charge is -2.28. The molecule has 0 amide bonds. The monoisotopic (exact) mass is 500 g/mol. The van der Waals surface area contributed by atoms with E-state index in [2.05, 4.69) is 73.0 Å². The molecule has 4 aromatic carbocycles. The second kappa shape index (κ2) is 10.5. The standard InChI is InChI=1S/C32H40N2O3/c1-32(2,3)27-19-23-4-6-28-25-18-26(29-7-5-24(20-27)30(23)31(28)29)22-34-9-13-35-12-8-33(21-25)10-14-36-16-17-37-15-11-34/h4-7,18-20H,8-17,21-22H2,1-3H3. The average molecular weight is 501 g/mol. The van der Waals surface area contributed by atoms with Crippen molar-refractivity contribution < 1.29 is 14.2 Å². The molecule has 0 radical (unpaired) electrons.